The molecule has 1 amide bonds. The van der Waals surface area contributed by atoms with Gasteiger partial charge in [-0.25, -0.2) is 0 Å². The number of hydrogen-bond acceptors (Lipinski definition) is 12. The summed E-state index contributed by atoms with van der Waals surface area (Å²) in [6.07, 6.45) is -1.34. The van der Waals surface area contributed by atoms with Gasteiger partial charge in [-0.3, -0.25) is 4.79 Å². The fourth-order valence-corrected chi connectivity index (χ4v) is 5.09. The van der Waals surface area contributed by atoms with Crippen LogP contribution in [0.4, 0.5) is 0 Å². The fraction of sp³-hybridized carbons (Fsp3) is 0.880. The summed E-state index contributed by atoms with van der Waals surface area (Å²) in [7, 11) is 0. The Morgan fingerprint density at radius 2 is 2.00 bits per heavy atom. The van der Waals surface area contributed by atoms with E-state index in [1.165, 1.54) is 0 Å². The molecule has 3 rings (SSSR count). The van der Waals surface area contributed by atoms with Crippen molar-refractivity contribution in [3.05, 3.63) is 11.8 Å². The van der Waals surface area contributed by atoms with Crippen molar-refractivity contribution in [2.45, 2.75) is 101 Å². The van der Waals surface area contributed by atoms with Gasteiger partial charge < -0.3 is 62.1 Å². The molecule has 0 bridgehead atoms. The first-order chi connectivity index (χ1) is 18.2. The highest BCUT2D eigenvalue weighted by atomic mass is 16.7. The van der Waals surface area contributed by atoms with Crippen LogP contribution in [0.15, 0.2) is 11.8 Å². The van der Waals surface area contributed by atoms with Crippen LogP contribution in [0.3, 0.4) is 0 Å². The van der Waals surface area contributed by atoms with Crippen molar-refractivity contribution >= 4 is 5.91 Å². The van der Waals surface area contributed by atoms with Gasteiger partial charge in [0.15, 0.2) is 12.6 Å². The molecule has 11 N–H and O–H groups in total. The second-order valence-electron chi connectivity index (χ2n) is 10.6. The van der Waals surface area contributed by atoms with Crippen LogP contribution in [-0.4, -0.2) is 109 Å². The van der Waals surface area contributed by atoms with Crippen LogP contribution in [0.2, 0.25) is 0 Å². The molecule has 1 aliphatic carbocycles. The molecule has 1 saturated heterocycles. The second kappa shape index (κ2) is 15.4. The van der Waals surface area contributed by atoms with E-state index in [2.05, 4.69) is 10.6 Å². The minimum absolute atomic E-state index is 0.122. The van der Waals surface area contributed by atoms with Crippen molar-refractivity contribution in [1.82, 2.24) is 10.6 Å². The zero-order valence-corrected chi connectivity index (χ0v) is 22.2. The number of amides is 1. The topological polar surface area (TPSA) is 217 Å². The van der Waals surface area contributed by atoms with E-state index in [1.807, 2.05) is 13.0 Å². The molecule has 1 saturated carbocycles. The first-order valence-corrected chi connectivity index (χ1v) is 13.7. The van der Waals surface area contributed by atoms with Gasteiger partial charge in [0.25, 0.3) is 0 Å². The summed E-state index contributed by atoms with van der Waals surface area (Å²) in [6, 6.07) is -1.24. The number of carbonyl (C=O) groups excluding carboxylic acids is 1. The third kappa shape index (κ3) is 9.08. The largest absolute Gasteiger partial charge is 0.468 e. The highest BCUT2D eigenvalue weighted by Crippen LogP contribution is 2.31. The van der Waals surface area contributed by atoms with E-state index in [0.717, 1.165) is 0 Å². The number of hydrogen-bond donors (Lipinski definition) is 8. The third-order valence-electron chi connectivity index (χ3n) is 7.08. The monoisotopic (exact) mass is 545 g/mol. The summed E-state index contributed by atoms with van der Waals surface area (Å²) >= 11 is 0. The molecule has 0 aromatic heterocycles. The summed E-state index contributed by atoms with van der Waals surface area (Å²) in [4.78, 5) is 12.3. The van der Waals surface area contributed by atoms with Crippen molar-refractivity contribution in [2.24, 2.45) is 23.1 Å². The van der Waals surface area contributed by atoms with Gasteiger partial charge in [-0.1, -0.05) is 6.92 Å². The number of ether oxygens (including phenoxy) is 4. The van der Waals surface area contributed by atoms with Crippen molar-refractivity contribution < 1.29 is 39.1 Å². The quantitative estimate of drug-likeness (QED) is 0.123. The summed E-state index contributed by atoms with van der Waals surface area (Å²) in [5.41, 5.74) is 17.4. The Morgan fingerprint density at radius 1 is 1.21 bits per heavy atom. The van der Waals surface area contributed by atoms with Gasteiger partial charge in [0.05, 0.1) is 25.3 Å². The van der Waals surface area contributed by atoms with E-state index in [4.69, 9.17) is 36.1 Å². The molecular formula is C25H47N5O8. The van der Waals surface area contributed by atoms with Gasteiger partial charge in [-0.2, -0.15) is 0 Å². The zero-order valence-electron chi connectivity index (χ0n) is 22.2. The number of aliphatic hydroxyl groups is 3. The molecule has 2 aliphatic heterocycles. The van der Waals surface area contributed by atoms with Gasteiger partial charge in [0.2, 0.25) is 5.91 Å². The van der Waals surface area contributed by atoms with Crippen LogP contribution in [0.5, 0.6) is 0 Å². The number of rotatable bonds is 13. The van der Waals surface area contributed by atoms with E-state index in [1.54, 1.807) is 0 Å². The van der Waals surface area contributed by atoms with Crippen LogP contribution in [0, 0.1) is 5.92 Å². The average Bonchev–Trinajstić information content (AvgIpc) is 2.86. The second-order valence-corrected chi connectivity index (χ2v) is 10.6. The number of nitrogens with one attached hydrogen (secondary N) is 2. The standard InChI is InChI=1S/C25H47N5O8/c1-14-9-19(32)25(35-13-14)38-24-18(30-20(33)6-8-27)10-17(28)23(22(24)34)37-21-4-2-3-16(36-21)12-29-11-15(31)5-7-26/h3,14-15,17-19,21-25,29,31-32,34H,2,4-13,26-28H2,1H3,(H,30,33)/t14-,15?,17-,18+,19+,21+,22-,23+,24-,25+/m0/s1. The Kier molecular flexibility index (Phi) is 12.6. The summed E-state index contributed by atoms with van der Waals surface area (Å²) in [6.45, 7) is 3.78. The number of nitrogens with two attached hydrogens (primary N) is 3. The van der Waals surface area contributed by atoms with Crippen molar-refractivity contribution in [3.8, 4) is 0 Å². The Bertz CT molecular complexity index is 761. The van der Waals surface area contributed by atoms with Crippen LogP contribution < -0.4 is 27.8 Å². The summed E-state index contributed by atoms with van der Waals surface area (Å²) in [5.74, 6) is 0.570. The Morgan fingerprint density at radius 3 is 2.71 bits per heavy atom. The van der Waals surface area contributed by atoms with E-state index in [0.29, 0.717) is 57.7 Å². The molecule has 0 radical (unpaired) electrons. The number of carbonyl (C=O) groups is 1. The number of allylic oxidation sites excluding steroid dienone is 1. The van der Waals surface area contributed by atoms with E-state index < -0.39 is 55.2 Å². The lowest BCUT2D eigenvalue weighted by molar-refractivity contribution is -0.282. The zero-order chi connectivity index (χ0) is 27.7. The highest BCUT2D eigenvalue weighted by molar-refractivity contribution is 5.76. The van der Waals surface area contributed by atoms with E-state index in [-0.39, 0.29) is 31.2 Å². The van der Waals surface area contributed by atoms with Crippen molar-refractivity contribution in [1.29, 1.82) is 0 Å². The maximum absolute atomic E-state index is 12.3. The predicted octanol–water partition coefficient (Wildman–Crippen LogP) is -2.25. The molecular weight excluding hydrogens is 498 g/mol. The van der Waals surface area contributed by atoms with Gasteiger partial charge in [0, 0.05) is 32.0 Å². The smallest absolute Gasteiger partial charge is 0.221 e. The van der Waals surface area contributed by atoms with Gasteiger partial charge in [0.1, 0.15) is 30.2 Å². The highest BCUT2D eigenvalue weighted by Gasteiger charge is 2.48. The minimum atomic E-state index is -1.22. The van der Waals surface area contributed by atoms with Gasteiger partial charge in [-0.15, -0.1) is 0 Å². The van der Waals surface area contributed by atoms with Crippen molar-refractivity contribution in [3.63, 3.8) is 0 Å². The molecule has 0 spiro atoms. The first kappa shape index (κ1) is 31.1. The first-order valence-electron chi connectivity index (χ1n) is 13.7. The molecule has 13 heteroatoms. The lowest BCUT2D eigenvalue weighted by atomic mass is 9.83. The lowest BCUT2D eigenvalue weighted by Crippen LogP contribution is -2.66. The maximum Gasteiger partial charge on any atom is 0.221 e. The SMILES string of the molecule is C[C@@H]1CO[C@H](O[C@@H]2[C@@H](O)[C@H](O[C@@H]3CCC=C(CNCC(O)CCN)O3)[C@@H](N)C[C@H]2NC(=O)CCN)[C@H](O)C1. The average molecular weight is 546 g/mol. The van der Waals surface area contributed by atoms with Gasteiger partial charge in [-0.05, 0) is 44.2 Å². The fourth-order valence-electron chi connectivity index (χ4n) is 5.09. The Balaban J connectivity index is 1.63. The molecule has 38 heavy (non-hydrogen) atoms. The van der Waals surface area contributed by atoms with Crippen LogP contribution in [0.25, 0.3) is 0 Å². The predicted molar refractivity (Wildman–Crippen MR) is 138 cm³/mol. The molecule has 2 heterocycles. The molecule has 0 aromatic rings. The van der Waals surface area contributed by atoms with Crippen molar-refractivity contribution in [2.75, 3.05) is 32.8 Å². The molecule has 10 atom stereocenters. The maximum atomic E-state index is 12.3. The van der Waals surface area contributed by atoms with Gasteiger partial charge >= 0.3 is 0 Å². The molecule has 3 aliphatic rings. The summed E-state index contributed by atoms with van der Waals surface area (Å²) in [5, 5.41) is 37.7. The van der Waals surface area contributed by atoms with Crippen LogP contribution in [-0.2, 0) is 23.7 Å². The van der Waals surface area contributed by atoms with E-state index in [9.17, 15) is 20.1 Å². The normalized spacial score (nSPS) is 36.7. The van der Waals surface area contributed by atoms with Crippen LogP contribution in [0.1, 0.15) is 45.4 Å². The number of aliphatic hydroxyl groups excluding tert-OH is 3. The molecule has 2 fully saturated rings. The molecule has 220 valence electrons. The molecule has 0 aromatic carbocycles. The third-order valence-corrected chi connectivity index (χ3v) is 7.08. The summed E-state index contributed by atoms with van der Waals surface area (Å²) < 4.78 is 23.9. The molecule has 13 nitrogen and oxygen atoms in total. The minimum Gasteiger partial charge on any atom is -0.468 e. The Hall–Kier alpha value is -1.39. The molecule has 1 unspecified atom stereocenters. The van der Waals surface area contributed by atoms with Crippen LogP contribution >= 0.6 is 0 Å². The lowest BCUT2D eigenvalue weighted by Gasteiger charge is -2.46. The van der Waals surface area contributed by atoms with E-state index >= 15 is 0 Å². The Labute approximate surface area is 224 Å².